The first-order chi connectivity index (χ1) is 24.0. The number of nitrogens with zero attached hydrogens (tertiary/aromatic N) is 2. The third-order valence-electron chi connectivity index (χ3n) is 10.8. The summed E-state index contributed by atoms with van der Waals surface area (Å²) >= 11 is 6.32. The monoisotopic (exact) mass is 727 g/mol. The summed E-state index contributed by atoms with van der Waals surface area (Å²) in [4.78, 5) is 43.2. The number of carbonyl (C=O) groups excluding carboxylic acids is 3. The number of hydrogen-bond acceptors (Lipinski definition) is 9. The summed E-state index contributed by atoms with van der Waals surface area (Å²) in [5, 5.41) is 10.3. The number of likely N-dealkylation sites (tertiary alicyclic amines) is 1. The maximum absolute atomic E-state index is 13.9. The van der Waals surface area contributed by atoms with Crippen LogP contribution in [0.4, 0.5) is 5.69 Å². The smallest absolute Gasteiger partial charge is 0.308 e. The van der Waals surface area contributed by atoms with Gasteiger partial charge < -0.3 is 24.4 Å². The summed E-state index contributed by atoms with van der Waals surface area (Å²) in [5.41, 5.74) is 2.96. The van der Waals surface area contributed by atoms with Crippen LogP contribution in [-0.4, -0.2) is 80.9 Å². The first-order valence-electron chi connectivity index (χ1n) is 17.6. The van der Waals surface area contributed by atoms with E-state index in [-0.39, 0.29) is 55.2 Å². The van der Waals surface area contributed by atoms with Gasteiger partial charge in [0, 0.05) is 36.8 Å². The quantitative estimate of drug-likeness (QED) is 0.334. The van der Waals surface area contributed by atoms with Crippen LogP contribution in [0.1, 0.15) is 72.9 Å². The zero-order valence-electron chi connectivity index (χ0n) is 28.4. The number of amides is 2. The number of aliphatic hydroxyl groups is 1. The van der Waals surface area contributed by atoms with E-state index in [1.807, 2.05) is 18.2 Å². The largest absolute Gasteiger partial charge is 0.487 e. The van der Waals surface area contributed by atoms with Crippen LogP contribution >= 0.6 is 11.6 Å². The second kappa shape index (κ2) is 15.7. The Morgan fingerprint density at radius 1 is 1.00 bits per heavy atom. The van der Waals surface area contributed by atoms with Crippen LogP contribution in [0.5, 0.6) is 5.75 Å². The van der Waals surface area contributed by atoms with Crippen molar-refractivity contribution in [3.63, 3.8) is 0 Å². The summed E-state index contributed by atoms with van der Waals surface area (Å²) in [6.07, 6.45) is 8.02. The number of hydrogen-bond donors (Lipinski definition) is 2. The van der Waals surface area contributed by atoms with Crippen molar-refractivity contribution in [3.8, 4) is 5.75 Å². The molecule has 0 radical (unpaired) electrons. The Balaban J connectivity index is 1.32. The van der Waals surface area contributed by atoms with Crippen LogP contribution < -0.4 is 14.4 Å². The second-order valence-electron chi connectivity index (χ2n) is 13.9. The highest BCUT2D eigenvalue weighted by atomic mass is 35.5. The standard InChI is InChI=1S/C37H46ClN3O8S/c1-48-37(45)24-15-18-40(19-16-24)36(44)34-8-3-2-7-32(42)30-13-10-27(30)22-41-17-5-4-6-25-20-29(38)12-9-28(25)23-49-33-14-11-26(21-31(33)41)35(43)39-50(34,46)47/h2,7,9,11-12,14,20-21,24,27,30,32,34,42H,3-6,8,10,13,15-19,22-23H2,1H3,(H,39,43)/b7-2+/t27-,30+,32-,34-/m0/s1. The minimum absolute atomic E-state index is 0.0249. The Labute approximate surface area is 299 Å². The number of aryl methyl sites for hydroxylation is 1. The fourth-order valence-corrected chi connectivity index (χ4v) is 9.21. The lowest BCUT2D eigenvalue weighted by atomic mass is 9.70. The molecule has 3 aliphatic heterocycles. The molecular weight excluding hydrogens is 682 g/mol. The molecule has 2 aromatic carbocycles. The number of aliphatic hydroxyl groups excluding tert-OH is 1. The Bertz CT molecular complexity index is 1720. The number of methoxy groups -OCH3 is 1. The molecule has 4 aliphatic rings. The van der Waals surface area contributed by atoms with E-state index in [4.69, 9.17) is 21.1 Å². The van der Waals surface area contributed by atoms with E-state index in [1.165, 1.54) is 12.0 Å². The molecule has 4 atom stereocenters. The molecular formula is C37H46ClN3O8S. The van der Waals surface area contributed by atoms with Crippen LogP contribution in [-0.2, 0) is 37.4 Å². The Hall–Kier alpha value is -3.61. The van der Waals surface area contributed by atoms with Crippen LogP contribution in [0.15, 0.2) is 48.6 Å². The SMILES string of the molecule is COC(=O)C1CCN(C(=O)[C@@H]2CC/C=C/[C@H](O)[C@@H]3CC[C@H]3CN3CCCCc4cc(Cl)ccc4COc4ccc(cc43)C(=O)NS2(=O)=O)CC1. The van der Waals surface area contributed by atoms with Gasteiger partial charge in [0.2, 0.25) is 15.9 Å². The molecule has 2 aromatic rings. The predicted molar refractivity (Wildman–Crippen MR) is 189 cm³/mol. The third-order valence-corrected chi connectivity index (χ3v) is 12.7. The number of benzene rings is 2. The lowest BCUT2D eigenvalue weighted by Gasteiger charge is -2.42. The number of rotatable bonds is 2. The van der Waals surface area contributed by atoms with E-state index in [2.05, 4.69) is 9.62 Å². The molecule has 2 fully saturated rings. The number of allylic oxidation sites excluding steroid dienone is 1. The van der Waals surface area contributed by atoms with Gasteiger partial charge in [-0.15, -0.1) is 0 Å². The van der Waals surface area contributed by atoms with E-state index in [9.17, 15) is 27.9 Å². The van der Waals surface area contributed by atoms with Gasteiger partial charge in [-0.3, -0.25) is 14.4 Å². The molecule has 1 saturated heterocycles. The zero-order chi connectivity index (χ0) is 35.4. The summed E-state index contributed by atoms with van der Waals surface area (Å²) in [6.45, 7) is 2.03. The topological polar surface area (TPSA) is 143 Å². The van der Waals surface area contributed by atoms with Crippen LogP contribution in [0.3, 0.4) is 0 Å². The Morgan fingerprint density at radius 2 is 1.80 bits per heavy atom. The van der Waals surface area contributed by atoms with Crippen molar-refractivity contribution in [2.75, 3.05) is 38.2 Å². The van der Waals surface area contributed by atoms with E-state index < -0.39 is 33.2 Å². The molecule has 0 spiro atoms. The average Bonchev–Trinajstić information content (AvgIpc) is 3.12. The zero-order valence-corrected chi connectivity index (χ0v) is 30.0. The lowest BCUT2D eigenvalue weighted by molar-refractivity contribution is -0.148. The highest BCUT2D eigenvalue weighted by Gasteiger charge is 2.40. The van der Waals surface area contributed by atoms with Gasteiger partial charge in [0.1, 0.15) is 12.4 Å². The van der Waals surface area contributed by atoms with Crippen molar-refractivity contribution in [1.82, 2.24) is 9.62 Å². The minimum Gasteiger partial charge on any atom is -0.487 e. The highest BCUT2D eigenvalue weighted by molar-refractivity contribution is 7.91. The van der Waals surface area contributed by atoms with Crippen LogP contribution in [0, 0.1) is 17.8 Å². The van der Waals surface area contributed by atoms with Gasteiger partial charge >= 0.3 is 5.97 Å². The average molecular weight is 728 g/mol. The van der Waals surface area contributed by atoms with E-state index in [0.29, 0.717) is 49.0 Å². The molecule has 3 heterocycles. The third kappa shape index (κ3) is 8.13. The molecule has 1 aliphatic carbocycles. The molecule has 50 heavy (non-hydrogen) atoms. The van der Waals surface area contributed by atoms with Gasteiger partial charge in [-0.1, -0.05) is 29.8 Å². The van der Waals surface area contributed by atoms with Gasteiger partial charge in [0.05, 0.1) is 24.8 Å². The summed E-state index contributed by atoms with van der Waals surface area (Å²) in [5.74, 6) is -1.36. The summed E-state index contributed by atoms with van der Waals surface area (Å²) < 4.78 is 41.2. The van der Waals surface area contributed by atoms with Crippen molar-refractivity contribution in [2.45, 2.75) is 75.7 Å². The van der Waals surface area contributed by atoms with Gasteiger partial charge in [0.15, 0.2) is 5.25 Å². The summed E-state index contributed by atoms with van der Waals surface area (Å²) in [7, 11) is -3.17. The molecule has 2 bridgehead atoms. The number of fused-ring (bicyclic) bond motifs is 3. The molecule has 0 aromatic heterocycles. The molecule has 270 valence electrons. The minimum atomic E-state index is -4.49. The van der Waals surface area contributed by atoms with Crippen LogP contribution in [0.25, 0.3) is 0 Å². The van der Waals surface area contributed by atoms with E-state index in [0.717, 1.165) is 43.2 Å². The van der Waals surface area contributed by atoms with Crippen molar-refractivity contribution in [2.24, 2.45) is 17.8 Å². The lowest BCUT2D eigenvalue weighted by Crippen LogP contribution is -2.51. The first kappa shape index (κ1) is 36.2. The van der Waals surface area contributed by atoms with Gasteiger partial charge in [0.25, 0.3) is 5.91 Å². The normalized spacial score (nSPS) is 26.8. The van der Waals surface area contributed by atoms with Gasteiger partial charge in [-0.05, 0) is 111 Å². The molecule has 6 rings (SSSR count). The number of esters is 1. The molecule has 1 saturated carbocycles. The maximum atomic E-state index is 13.9. The number of ether oxygens (including phenoxy) is 2. The number of sulfonamides is 1. The molecule has 2 N–H and O–H groups in total. The number of anilines is 1. The van der Waals surface area contributed by atoms with Crippen molar-refractivity contribution >= 4 is 45.1 Å². The molecule has 2 amide bonds. The van der Waals surface area contributed by atoms with Crippen molar-refractivity contribution in [3.05, 3.63) is 70.3 Å². The second-order valence-corrected chi connectivity index (χ2v) is 16.2. The number of piperidine rings is 1. The van der Waals surface area contributed by atoms with E-state index >= 15 is 0 Å². The van der Waals surface area contributed by atoms with Crippen LogP contribution in [0.2, 0.25) is 5.02 Å². The molecule has 11 nitrogen and oxygen atoms in total. The number of carbonyl (C=O) groups is 3. The molecule has 13 heteroatoms. The van der Waals surface area contributed by atoms with E-state index in [1.54, 1.807) is 30.4 Å². The number of nitrogens with one attached hydrogen (secondary N) is 1. The maximum Gasteiger partial charge on any atom is 0.308 e. The fraction of sp³-hybridized carbons (Fsp3) is 0.541. The summed E-state index contributed by atoms with van der Waals surface area (Å²) in [6, 6.07) is 10.7. The molecule has 0 unspecified atom stereocenters. The Morgan fingerprint density at radius 3 is 2.54 bits per heavy atom. The van der Waals surface area contributed by atoms with Crippen molar-refractivity contribution < 1.29 is 37.4 Å². The van der Waals surface area contributed by atoms with Gasteiger partial charge in [-0.25, -0.2) is 13.1 Å². The highest BCUT2D eigenvalue weighted by Crippen LogP contribution is 2.41. The number of halogens is 1. The predicted octanol–water partition coefficient (Wildman–Crippen LogP) is 4.64. The first-order valence-corrected chi connectivity index (χ1v) is 19.5. The fourth-order valence-electron chi connectivity index (χ4n) is 7.64. The van der Waals surface area contributed by atoms with Gasteiger partial charge in [-0.2, -0.15) is 0 Å². The van der Waals surface area contributed by atoms with Crippen molar-refractivity contribution in [1.29, 1.82) is 0 Å². The Kier molecular flexibility index (Phi) is 11.4.